The van der Waals surface area contributed by atoms with Crippen LogP contribution in [-0.2, 0) is 5.41 Å². The van der Waals surface area contributed by atoms with Crippen LogP contribution >= 0.6 is 0 Å². The van der Waals surface area contributed by atoms with Gasteiger partial charge in [-0.2, -0.15) is 0 Å². The van der Waals surface area contributed by atoms with Crippen molar-refractivity contribution in [1.82, 2.24) is 5.32 Å². The van der Waals surface area contributed by atoms with Crippen LogP contribution in [0.1, 0.15) is 39.2 Å². The van der Waals surface area contributed by atoms with Gasteiger partial charge in [0, 0.05) is 12.2 Å². The van der Waals surface area contributed by atoms with E-state index in [1.54, 1.807) is 0 Å². The first kappa shape index (κ1) is 13.4. The Bertz CT molecular complexity index is 373. The lowest BCUT2D eigenvalue weighted by Crippen LogP contribution is -2.31. The van der Waals surface area contributed by atoms with Gasteiger partial charge in [-0.25, -0.2) is 0 Å². The number of benzene rings is 1. The number of para-hydroxylation sites is 1. The molecule has 2 rings (SSSR count). The molecule has 2 nitrogen and oxygen atoms in total. The molecule has 0 unspecified atom stereocenters. The second kappa shape index (κ2) is 5.75. The molecule has 0 spiro atoms. The van der Waals surface area contributed by atoms with Gasteiger partial charge < -0.3 is 10.6 Å². The molecular weight excluding hydrogens is 220 g/mol. The summed E-state index contributed by atoms with van der Waals surface area (Å²) in [5.74, 6) is 0.819. The molecule has 0 aromatic heterocycles. The van der Waals surface area contributed by atoms with Gasteiger partial charge in [-0.05, 0) is 48.9 Å². The zero-order chi connectivity index (χ0) is 13.0. The first-order chi connectivity index (χ1) is 8.57. The van der Waals surface area contributed by atoms with Gasteiger partial charge in [-0.15, -0.1) is 0 Å². The largest absolute Gasteiger partial charge is 0.385 e. The Morgan fingerprint density at radius 3 is 2.50 bits per heavy atom. The molecular formula is C16H26N2. The van der Waals surface area contributed by atoms with Crippen molar-refractivity contribution in [3.05, 3.63) is 29.8 Å². The van der Waals surface area contributed by atoms with Gasteiger partial charge in [0.25, 0.3) is 0 Å². The molecule has 1 aliphatic rings. The van der Waals surface area contributed by atoms with E-state index in [2.05, 4.69) is 55.7 Å². The summed E-state index contributed by atoms with van der Waals surface area (Å²) in [6.07, 6.45) is 2.59. The first-order valence-corrected chi connectivity index (χ1v) is 7.11. The SMILES string of the molecule is CC(C)(C)c1ccccc1NCC1CCNCC1. The third-order valence-electron chi connectivity index (χ3n) is 3.77. The molecule has 100 valence electrons. The Hall–Kier alpha value is -1.02. The van der Waals surface area contributed by atoms with E-state index in [0.717, 1.165) is 12.5 Å². The van der Waals surface area contributed by atoms with Crippen LogP contribution in [-0.4, -0.2) is 19.6 Å². The van der Waals surface area contributed by atoms with Crippen molar-refractivity contribution in [2.45, 2.75) is 39.0 Å². The van der Waals surface area contributed by atoms with Gasteiger partial charge in [0.1, 0.15) is 0 Å². The number of piperidine rings is 1. The van der Waals surface area contributed by atoms with E-state index in [9.17, 15) is 0 Å². The van der Waals surface area contributed by atoms with Crippen LogP contribution in [0.4, 0.5) is 5.69 Å². The fraction of sp³-hybridized carbons (Fsp3) is 0.625. The number of rotatable bonds is 3. The maximum atomic E-state index is 3.66. The summed E-state index contributed by atoms with van der Waals surface area (Å²) >= 11 is 0. The van der Waals surface area contributed by atoms with Crippen molar-refractivity contribution in [3.63, 3.8) is 0 Å². The van der Waals surface area contributed by atoms with Crippen LogP contribution in [0.2, 0.25) is 0 Å². The topological polar surface area (TPSA) is 24.1 Å². The maximum absolute atomic E-state index is 3.66. The zero-order valence-electron chi connectivity index (χ0n) is 11.9. The summed E-state index contributed by atoms with van der Waals surface area (Å²) in [4.78, 5) is 0. The number of anilines is 1. The minimum atomic E-state index is 0.206. The van der Waals surface area contributed by atoms with E-state index in [1.807, 2.05) is 0 Å². The summed E-state index contributed by atoms with van der Waals surface area (Å²) in [5.41, 5.74) is 2.93. The van der Waals surface area contributed by atoms with Crippen molar-refractivity contribution >= 4 is 5.69 Å². The van der Waals surface area contributed by atoms with Crippen LogP contribution in [0.25, 0.3) is 0 Å². The molecule has 0 atom stereocenters. The molecule has 2 N–H and O–H groups in total. The van der Waals surface area contributed by atoms with Gasteiger partial charge in [-0.1, -0.05) is 39.0 Å². The van der Waals surface area contributed by atoms with Gasteiger partial charge in [0.2, 0.25) is 0 Å². The molecule has 1 fully saturated rings. The Morgan fingerprint density at radius 1 is 1.17 bits per heavy atom. The highest BCUT2D eigenvalue weighted by molar-refractivity contribution is 5.54. The minimum absolute atomic E-state index is 0.206. The third kappa shape index (κ3) is 3.49. The molecule has 18 heavy (non-hydrogen) atoms. The lowest BCUT2D eigenvalue weighted by Gasteiger charge is -2.27. The smallest absolute Gasteiger partial charge is 0.0378 e. The molecule has 1 aromatic rings. The van der Waals surface area contributed by atoms with Crippen molar-refractivity contribution in [2.75, 3.05) is 25.0 Å². The van der Waals surface area contributed by atoms with E-state index in [0.29, 0.717) is 0 Å². The molecule has 0 amide bonds. The molecule has 0 aliphatic carbocycles. The molecule has 0 saturated carbocycles. The van der Waals surface area contributed by atoms with E-state index >= 15 is 0 Å². The summed E-state index contributed by atoms with van der Waals surface area (Å²) in [7, 11) is 0. The number of hydrogen-bond acceptors (Lipinski definition) is 2. The van der Waals surface area contributed by atoms with Crippen LogP contribution in [0, 0.1) is 5.92 Å². The summed E-state index contributed by atoms with van der Waals surface area (Å²) < 4.78 is 0. The van der Waals surface area contributed by atoms with Crippen molar-refractivity contribution < 1.29 is 0 Å². The van der Waals surface area contributed by atoms with Crippen LogP contribution in [0.15, 0.2) is 24.3 Å². The van der Waals surface area contributed by atoms with Gasteiger partial charge >= 0.3 is 0 Å². The van der Waals surface area contributed by atoms with Crippen LogP contribution in [0.5, 0.6) is 0 Å². The average Bonchev–Trinajstić information content (AvgIpc) is 2.37. The average molecular weight is 246 g/mol. The lowest BCUT2D eigenvalue weighted by atomic mass is 9.85. The van der Waals surface area contributed by atoms with E-state index in [4.69, 9.17) is 0 Å². The van der Waals surface area contributed by atoms with E-state index in [1.165, 1.54) is 37.2 Å². The fourth-order valence-electron chi connectivity index (χ4n) is 2.63. The van der Waals surface area contributed by atoms with Crippen LogP contribution < -0.4 is 10.6 Å². The Balaban J connectivity index is 2.00. The van der Waals surface area contributed by atoms with Crippen molar-refractivity contribution in [2.24, 2.45) is 5.92 Å². The lowest BCUT2D eigenvalue weighted by molar-refractivity contribution is 0.389. The number of hydrogen-bond donors (Lipinski definition) is 2. The summed E-state index contributed by atoms with van der Waals surface area (Å²) in [5, 5.41) is 7.08. The molecule has 1 heterocycles. The predicted molar refractivity (Wildman–Crippen MR) is 79.2 cm³/mol. The second-order valence-electron chi connectivity index (χ2n) is 6.37. The van der Waals surface area contributed by atoms with Gasteiger partial charge in [0.05, 0.1) is 0 Å². The Kier molecular flexibility index (Phi) is 4.28. The molecule has 1 aromatic carbocycles. The third-order valence-corrected chi connectivity index (χ3v) is 3.77. The highest BCUT2D eigenvalue weighted by Gasteiger charge is 2.18. The maximum Gasteiger partial charge on any atom is 0.0378 e. The zero-order valence-corrected chi connectivity index (χ0v) is 11.9. The van der Waals surface area contributed by atoms with Crippen molar-refractivity contribution in [3.8, 4) is 0 Å². The molecule has 1 saturated heterocycles. The normalized spacial score (nSPS) is 17.7. The minimum Gasteiger partial charge on any atom is -0.385 e. The Morgan fingerprint density at radius 2 is 1.83 bits per heavy atom. The highest BCUT2D eigenvalue weighted by atomic mass is 14.9. The monoisotopic (exact) mass is 246 g/mol. The van der Waals surface area contributed by atoms with Crippen molar-refractivity contribution in [1.29, 1.82) is 0 Å². The predicted octanol–water partition coefficient (Wildman–Crippen LogP) is 3.40. The van der Waals surface area contributed by atoms with E-state index in [-0.39, 0.29) is 5.41 Å². The van der Waals surface area contributed by atoms with Crippen LogP contribution in [0.3, 0.4) is 0 Å². The first-order valence-electron chi connectivity index (χ1n) is 7.11. The molecule has 2 heteroatoms. The highest BCUT2D eigenvalue weighted by Crippen LogP contribution is 2.29. The summed E-state index contributed by atoms with van der Waals surface area (Å²) in [6, 6.07) is 8.71. The molecule has 0 bridgehead atoms. The Labute approximate surface area is 111 Å². The summed E-state index contributed by atoms with van der Waals surface area (Å²) in [6.45, 7) is 10.3. The van der Waals surface area contributed by atoms with E-state index < -0.39 is 0 Å². The molecule has 1 aliphatic heterocycles. The number of nitrogens with one attached hydrogen (secondary N) is 2. The standard InChI is InChI=1S/C16H26N2/c1-16(2,3)14-6-4-5-7-15(14)18-12-13-8-10-17-11-9-13/h4-7,13,17-18H,8-12H2,1-3H3. The fourth-order valence-corrected chi connectivity index (χ4v) is 2.63. The van der Waals surface area contributed by atoms with Gasteiger partial charge in [-0.3, -0.25) is 0 Å². The molecule has 0 radical (unpaired) electrons. The quantitative estimate of drug-likeness (QED) is 0.854. The second-order valence-corrected chi connectivity index (χ2v) is 6.37. The van der Waals surface area contributed by atoms with Gasteiger partial charge in [0.15, 0.2) is 0 Å².